The molecular formula is C15H20N2O6S. The summed E-state index contributed by atoms with van der Waals surface area (Å²) in [5.41, 5.74) is 1.74. The van der Waals surface area contributed by atoms with Crippen molar-refractivity contribution < 1.29 is 27.9 Å². The van der Waals surface area contributed by atoms with Crippen molar-refractivity contribution in [1.82, 2.24) is 10.0 Å². The molecule has 1 atom stereocenters. The van der Waals surface area contributed by atoms with Crippen molar-refractivity contribution in [2.45, 2.75) is 38.0 Å². The van der Waals surface area contributed by atoms with Crippen LogP contribution in [-0.2, 0) is 37.6 Å². The van der Waals surface area contributed by atoms with Crippen molar-refractivity contribution in [1.29, 1.82) is 0 Å². The lowest BCUT2D eigenvalue weighted by Crippen LogP contribution is -2.47. The number of carboxylic acids is 1. The van der Waals surface area contributed by atoms with Crippen molar-refractivity contribution in [2.75, 3.05) is 6.54 Å². The molecule has 1 amide bonds. The summed E-state index contributed by atoms with van der Waals surface area (Å²) in [5, 5.41) is 11.3. The summed E-state index contributed by atoms with van der Waals surface area (Å²) < 4.78 is 31.9. The van der Waals surface area contributed by atoms with Crippen molar-refractivity contribution in [2.24, 2.45) is 5.92 Å². The topological polar surface area (TPSA) is 122 Å². The van der Waals surface area contributed by atoms with Gasteiger partial charge < -0.3 is 15.2 Å². The molecule has 1 aliphatic heterocycles. The van der Waals surface area contributed by atoms with Crippen LogP contribution >= 0.6 is 0 Å². The van der Waals surface area contributed by atoms with Crippen molar-refractivity contribution in [3.63, 3.8) is 0 Å². The molecule has 0 aromatic heterocycles. The third kappa shape index (κ3) is 4.31. The Labute approximate surface area is 140 Å². The Morgan fingerprint density at radius 2 is 1.92 bits per heavy atom. The van der Waals surface area contributed by atoms with Crippen molar-refractivity contribution in [3.8, 4) is 0 Å². The second-order valence-corrected chi connectivity index (χ2v) is 7.64. The number of amides is 1. The number of rotatable bonds is 7. The van der Waals surface area contributed by atoms with Crippen LogP contribution in [0.3, 0.4) is 0 Å². The molecule has 1 aromatic carbocycles. The first-order valence-corrected chi connectivity index (χ1v) is 8.90. The predicted octanol–water partition coefficient (Wildman–Crippen LogP) is 0.221. The molecule has 0 radical (unpaired) electrons. The number of nitrogens with one attached hydrogen (secondary N) is 2. The summed E-state index contributed by atoms with van der Waals surface area (Å²) in [6, 6.07) is 3.56. The Morgan fingerprint density at radius 3 is 2.54 bits per heavy atom. The first-order valence-electron chi connectivity index (χ1n) is 7.42. The molecule has 9 heteroatoms. The molecule has 1 aliphatic rings. The van der Waals surface area contributed by atoms with Crippen LogP contribution in [0.1, 0.15) is 25.0 Å². The molecule has 0 fully saturated rings. The highest BCUT2D eigenvalue weighted by molar-refractivity contribution is 7.89. The summed E-state index contributed by atoms with van der Waals surface area (Å²) in [5.74, 6) is -2.19. The van der Waals surface area contributed by atoms with E-state index in [4.69, 9.17) is 9.84 Å². The highest BCUT2D eigenvalue weighted by Gasteiger charge is 2.24. The molecule has 8 nitrogen and oxygen atoms in total. The minimum absolute atomic E-state index is 0.0400. The molecular weight excluding hydrogens is 336 g/mol. The second-order valence-electron chi connectivity index (χ2n) is 5.88. The zero-order valence-corrected chi connectivity index (χ0v) is 14.2. The van der Waals surface area contributed by atoms with Crippen molar-refractivity contribution >= 4 is 21.9 Å². The summed E-state index contributed by atoms with van der Waals surface area (Å²) >= 11 is 0. The molecule has 0 saturated carbocycles. The summed E-state index contributed by atoms with van der Waals surface area (Å²) in [7, 11) is -3.87. The third-order valence-corrected chi connectivity index (χ3v) is 5.07. The zero-order valence-electron chi connectivity index (χ0n) is 13.4. The van der Waals surface area contributed by atoms with E-state index in [0.717, 1.165) is 11.1 Å². The van der Waals surface area contributed by atoms with E-state index < -0.39 is 34.5 Å². The SMILES string of the molecule is CC(C)[C@@H](NC(=O)CNS(=O)(=O)c1ccc2c(c1)COC2)C(=O)O. The number of ether oxygens (including phenoxy) is 1. The number of carbonyl (C=O) groups excluding carboxylic acids is 1. The molecule has 0 saturated heterocycles. The lowest BCUT2D eigenvalue weighted by Gasteiger charge is -2.18. The van der Waals surface area contributed by atoms with Crippen LogP contribution in [0.15, 0.2) is 23.1 Å². The normalized spacial score (nSPS) is 15.1. The quantitative estimate of drug-likeness (QED) is 0.642. The number of fused-ring (bicyclic) bond motifs is 1. The minimum Gasteiger partial charge on any atom is -0.480 e. The van der Waals surface area contributed by atoms with Gasteiger partial charge in [-0.2, -0.15) is 0 Å². The number of carboxylic acid groups (broad SMARTS) is 1. The van der Waals surface area contributed by atoms with E-state index in [2.05, 4.69) is 10.0 Å². The fourth-order valence-electron chi connectivity index (χ4n) is 2.30. The van der Waals surface area contributed by atoms with Gasteiger partial charge in [-0.25, -0.2) is 17.9 Å². The van der Waals surface area contributed by atoms with Crippen LogP contribution in [0.5, 0.6) is 0 Å². The van der Waals surface area contributed by atoms with Gasteiger partial charge in [0.1, 0.15) is 6.04 Å². The van der Waals surface area contributed by atoms with Crippen LogP contribution in [-0.4, -0.2) is 38.0 Å². The average Bonchev–Trinajstić information content (AvgIpc) is 2.97. The fraction of sp³-hybridized carbons (Fsp3) is 0.467. The lowest BCUT2D eigenvalue weighted by atomic mass is 10.1. The van der Waals surface area contributed by atoms with Crippen LogP contribution in [0.2, 0.25) is 0 Å². The van der Waals surface area contributed by atoms with Gasteiger partial charge in [-0.05, 0) is 29.2 Å². The van der Waals surface area contributed by atoms with Gasteiger partial charge >= 0.3 is 5.97 Å². The van der Waals surface area contributed by atoms with E-state index in [-0.39, 0.29) is 10.8 Å². The highest BCUT2D eigenvalue weighted by Crippen LogP contribution is 2.22. The second kappa shape index (κ2) is 7.29. The molecule has 24 heavy (non-hydrogen) atoms. The van der Waals surface area contributed by atoms with Gasteiger partial charge in [0, 0.05) is 0 Å². The summed E-state index contributed by atoms with van der Waals surface area (Å²) in [6.45, 7) is 3.57. The summed E-state index contributed by atoms with van der Waals surface area (Å²) in [4.78, 5) is 22.9. The lowest BCUT2D eigenvalue weighted by molar-refractivity contribution is -0.142. The van der Waals surface area contributed by atoms with Gasteiger partial charge in [-0.1, -0.05) is 19.9 Å². The Kier molecular flexibility index (Phi) is 5.58. The highest BCUT2D eigenvalue weighted by atomic mass is 32.2. The van der Waals surface area contributed by atoms with E-state index in [9.17, 15) is 18.0 Å². The van der Waals surface area contributed by atoms with E-state index in [1.807, 2.05) is 0 Å². The molecule has 1 heterocycles. The molecule has 132 valence electrons. The maximum Gasteiger partial charge on any atom is 0.326 e. The first kappa shape index (κ1) is 18.4. The largest absolute Gasteiger partial charge is 0.480 e. The van der Waals surface area contributed by atoms with Gasteiger partial charge in [0.25, 0.3) is 0 Å². The van der Waals surface area contributed by atoms with Gasteiger partial charge in [-0.3, -0.25) is 4.79 Å². The van der Waals surface area contributed by atoms with E-state index in [0.29, 0.717) is 13.2 Å². The van der Waals surface area contributed by atoms with Gasteiger partial charge in [0.15, 0.2) is 0 Å². The van der Waals surface area contributed by atoms with E-state index in [1.165, 1.54) is 12.1 Å². The number of carbonyl (C=O) groups is 2. The molecule has 0 aliphatic carbocycles. The number of benzene rings is 1. The Balaban J connectivity index is 2.00. The Morgan fingerprint density at radius 1 is 1.25 bits per heavy atom. The van der Waals surface area contributed by atoms with E-state index >= 15 is 0 Å². The fourth-order valence-corrected chi connectivity index (χ4v) is 3.33. The third-order valence-electron chi connectivity index (χ3n) is 3.68. The standard InChI is InChI=1S/C15H20N2O6S/c1-9(2)14(15(19)20)17-13(18)6-16-24(21,22)12-4-3-10-7-23-8-11(10)5-12/h3-5,9,14,16H,6-8H2,1-2H3,(H,17,18)(H,19,20)/t14-/m1/s1. The number of hydrogen-bond acceptors (Lipinski definition) is 5. The minimum atomic E-state index is -3.87. The molecule has 1 aromatic rings. The first-order chi connectivity index (χ1) is 11.2. The number of aliphatic carboxylic acids is 1. The van der Waals surface area contributed by atoms with Crippen LogP contribution in [0, 0.1) is 5.92 Å². The average molecular weight is 356 g/mol. The Bertz CT molecular complexity index is 744. The van der Waals surface area contributed by atoms with Crippen molar-refractivity contribution in [3.05, 3.63) is 29.3 Å². The number of sulfonamides is 1. The smallest absolute Gasteiger partial charge is 0.326 e. The maximum absolute atomic E-state index is 12.2. The monoisotopic (exact) mass is 356 g/mol. The molecule has 0 spiro atoms. The maximum atomic E-state index is 12.2. The number of hydrogen-bond donors (Lipinski definition) is 3. The summed E-state index contributed by atoms with van der Waals surface area (Å²) in [6.07, 6.45) is 0. The molecule has 0 unspecified atom stereocenters. The van der Waals surface area contributed by atoms with Gasteiger partial charge in [0.2, 0.25) is 15.9 Å². The van der Waals surface area contributed by atoms with E-state index in [1.54, 1.807) is 19.9 Å². The zero-order chi connectivity index (χ0) is 17.9. The van der Waals surface area contributed by atoms with Crippen LogP contribution < -0.4 is 10.0 Å². The Hall–Kier alpha value is -1.97. The van der Waals surface area contributed by atoms with Crippen LogP contribution in [0.4, 0.5) is 0 Å². The predicted molar refractivity (Wildman–Crippen MR) is 84.5 cm³/mol. The van der Waals surface area contributed by atoms with Gasteiger partial charge in [-0.15, -0.1) is 0 Å². The molecule has 0 bridgehead atoms. The molecule has 2 rings (SSSR count). The van der Waals surface area contributed by atoms with Crippen LogP contribution in [0.25, 0.3) is 0 Å². The molecule has 3 N–H and O–H groups in total. The van der Waals surface area contributed by atoms with Gasteiger partial charge in [0.05, 0.1) is 24.7 Å².